The van der Waals surface area contributed by atoms with Crippen molar-refractivity contribution in [3.63, 3.8) is 0 Å². The maximum Gasteiger partial charge on any atom is 0.303 e. The van der Waals surface area contributed by atoms with Crippen LogP contribution in [0.25, 0.3) is 0 Å². The Morgan fingerprint density at radius 3 is 1.32 bits per heavy atom. The fraction of sp³-hybridized carbons (Fsp3) is 0.923. The number of carboxylic acid groups (broad SMARTS) is 1. The normalized spacial score (nSPS) is 10.4. The number of hydrogen-bond acceptors (Lipinski definition) is 3. The summed E-state index contributed by atoms with van der Waals surface area (Å²) in [5.74, 6) is -0.508. The lowest BCUT2D eigenvalue weighted by Gasteiger charge is -2.03. The van der Waals surface area contributed by atoms with Gasteiger partial charge in [-0.15, -0.1) is 0 Å². The molecule has 0 heterocycles. The van der Waals surface area contributed by atoms with Crippen molar-refractivity contribution in [3.05, 3.63) is 0 Å². The van der Waals surface area contributed by atoms with Crippen LogP contribution in [0.2, 0.25) is 0 Å². The lowest BCUT2D eigenvalue weighted by atomic mass is 10.1. The summed E-state index contributed by atoms with van der Waals surface area (Å²) in [5.41, 5.74) is 5.31. The molecule has 0 aromatic rings. The fourth-order valence-electron chi connectivity index (χ4n) is 3.48. The Kier molecular flexibility index (Phi) is 29.9. The Morgan fingerprint density at radius 1 is 0.613 bits per heavy atom. The van der Waals surface area contributed by atoms with Crippen molar-refractivity contribution < 1.29 is 14.7 Å². The standard InChI is InChI=1S/C14H30N2O.C12H24O2/c1-2-3-4-5-6-7-8-9-10-11-14(17)16-13-12-15;1-2-3-4-5-6-7-8-9-10-11-12(13)14/h2-13,15H2,1H3,(H,16,17);2-11H2,1H3,(H,13,14). The summed E-state index contributed by atoms with van der Waals surface area (Å²) >= 11 is 0. The molecule has 0 aromatic heterocycles. The van der Waals surface area contributed by atoms with Gasteiger partial charge in [0.15, 0.2) is 0 Å². The molecule has 0 bridgehead atoms. The minimum atomic E-state index is -0.659. The van der Waals surface area contributed by atoms with Gasteiger partial charge in [-0.1, -0.05) is 117 Å². The molecule has 0 radical (unpaired) electrons. The molecule has 0 rings (SSSR count). The van der Waals surface area contributed by atoms with Crippen molar-refractivity contribution in [3.8, 4) is 0 Å². The summed E-state index contributed by atoms with van der Waals surface area (Å²) in [6, 6.07) is 0. The average Bonchev–Trinajstić information content (AvgIpc) is 2.75. The maximum atomic E-state index is 11.2. The summed E-state index contributed by atoms with van der Waals surface area (Å²) in [4.78, 5) is 21.4. The van der Waals surface area contributed by atoms with E-state index in [-0.39, 0.29) is 5.91 Å². The van der Waals surface area contributed by atoms with E-state index in [9.17, 15) is 9.59 Å². The Balaban J connectivity index is 0. The van der Waals surface area contributed by atoms with Gasteiger partial charge in [0, 0.05) is 25.9 Å². The fourth-order valence-corrected chi connectivity index (χ4v) is 3.48. The van der Waals surface area contributed by atoms with Gasteiger partial charge in [0.05, 0.1) is 0 Å². The second-order valence-electron chi connectivity index (χ2n) is 8.69. The Hall–Kier alpha value is -1.10. The summed E-state index contributed by atoms with van der Waals surface area (Å²) < 4.78 is 0. The largest absolute Gasteiger partial charge is 0.481 e. The molecule has 186 valence electrons. The van der Waals surface area contributed by atoms with Crippen molar-refractivity contribution in [1.82, 2.24) is 5.32 Å². The smallest absolute Gasteiger partial charge is 0.303 e. The number of aliphatic carboxylic acids is 1. The molecule has 0 aliphatic carbocycles. The van der Waals surface area contributed by atoms with Crippen LogP contribution in [-0.2, 0) is 9.59 Å². The third-order valence-electron chi connectivity index (χ3n) is 5.47. The summed E-state index contributed by atoms with van der Waals surface area (Å²) in [6.45, 7) is 5.61. The molecule has 0 saturated heterocycles. The molecule has 0 saturated carbocycles. The highest BCUT2D eigenvalue weighted by molar-refractivity contribution is 5.75. The molecule has 31 heavy (non-hydrogen) atoms. The molecule has 0 aliphatic heterocycles. The first-order valence-corrected chi connectivity index (χ1v) is 13.3. The van der Waals surface area contributed by atoms with Crippen LogP contribution in [0.4, 0.5) is 0 Å². The van der Waals surface area contributed by atoms with E-state index < -0.39 is 5.97 Å². The molecule has 5 nitrogen and oxygen atoms in total. The molecular formula is C26H54N2O3. The van der Waals surface area contributed by atoms with Gasteiger partial charge in [-0.3, -0.25) is 9.59 Å². The van der Waals surface area contributed by atoms with Gasteiger partial charge in [-0.2, -0.15) is 0 Å². The van der Waals surface area contributed by atoms with E-state index in [1.807, 2.05) is 0 Å². The third kappa shape index (κ3) is 33.7. The second-order valence-corrected chi connectivity index (χ2v) is 8.69. The second kappa shape index (κ2) is 28.9. The van der Waals surface area contributed by atoms with E-state index in [1.165, 1.54) is 96.3 Å². The number of carbonyl (C=O) groups excluding carboxylic acids is 1. The lowest BCUT2D eigenvalue weighted by Crippen LogP contribution is -2.28. The molecule has 0 atom stereocenters. The minimum Gasteiger partial charge on any atom is -0.481 e. The first-order valence-electron chi connectivity index (χ1n) is 13.3. The van der Waals surface area contributed by atoms with E-state index in [1.54, 1.807) is 0 Å². The van der Waals surface area contributed by atoms with Gasteiger partial charge >= 0.3 is 5.97 Å². The highest BCUT2D eigenvalue weighted by atomic mass is 16.4. The number of hydrogen-bond donors (Lipinski definition) is 3. The van der Waals surface area contributed by atoms with Crippen LogP contribution in [0.15, 0.2) is 0 Å². The zero-order valence-corrected chi connectivity index (χ0v) is 20.9. The van der Waals surface area contributed by atoms with Gasteiger partial charge in [0.2, 0.25) is 5.91 Å². The van der Waals surface area contributed by atoms with Gasteiger partial charge < -0.3 is 16.2 Å². The number of rotatable bonds is 22. The van der Waals surface area contributed by atoms with E-state index in [0.717, 1.165) is 19.3 Å². The van der Waals surface area contributed by atoms with Gasteiger partial charge in [0.1, 0.15) is 0 Å². The predicted molar refractivity (Wildman–Crippen MR) is 133 cm³/mol. The van der Waals surface area contributed by atoms with Crippen molar-refractivity contribution in [1.29, 1.82) is 0 Å². The molecule has 0 unspecified atom stereocenters. The zero-order valence-electron chi connectivity index (χ0n) is 20.9. The van der Waals surface area contributed by atoms with Gasteiger partial charge in [-0.25, -0.2) is 0 Å². The number of amides is 1. The molecule has 5 heteroatoms. The van der Waals surface area contributed by atoms with Gasteiger partial charge in [-0.05, 0) is 12.8 Å². The van der Waals surface area contributed by atoms with Crippen LogP contribution in [0.3, 0.4) is 0 Å². The SMILES string of the molecule is CCCCCCCCCCCC(=O)NCCN.CCCCCCCCCCCC(=O)O. The van der Waals surface area contributed by atoms with E-state index in [2.05, 4.69) is 19.2 Å². The van der Waals surface area contributed by atoms with E-state index >= 15 is 0 Å². The zero-order chi connectivity index (χ0) is 23.4. The number of carboxylic acids is 1. The third-order valence-corrected chi connectivity index (χ3v) is 5.47. The number of unbranched alkanes of at least 4 members (excludes halogenated alkanes) is 16. The van der Waals surface area contributed by atoms with Crippen molar-refractivity contribution in [2.75, 3.05) is 13.1 Å². The maximum absolute atomic E-state index is 11.2. The Morgan fingerprint density at radius 2 is 0.968 bits per heavy atom. The minimum absolute atomic E-state index is 0.151. The van der Waals surface area contributed by atoms with Crippen LogP contribution in [0.5, 0.6) is 0 Å². The van der Waals surface area contributed by atoms with Crippen LogP contribution in [0, 0.1) is 0 Å². The monoisotopic (exact) mass is 442 g/mol. The summed E-state index contributed by atoms with van der Waals surface area (Å²) in [6.07, 6.45) is 23.8. The molecule has 4 N–H and O–H groups in total. The first kappa shape index (κ1) is 32.1. The number of nitrogens with one attached hydrogen (secondary N) is 1. The average molecular weight is 443 g/mol. The van der Waals surface area contributed by atoms with E-state index in [0.29, 0.717) is 25.9 Å². The quantitative estimate of drug-likeness (QED) is 0.158. The molecular weight excluding hydrogens is 388 g/mol. The van der Waals surface area contributed by atoms with Crippen molar-refractivity contribution in [2.24, 2.45) is 5.73 Å². The molecule has 0 fully saturated rings. The summed E-state index contributed by atoms with van der Waals surface area (Å²) in [5, 5.41) is 11.2. The van der Waals surface area contributed by atoms with Crippen molar-refractivity contribution in [2.45, 2.75) is 142 Å². The Labute approximate surface area is 193 Å². The van der Waals surface area contributed by atoms with Crippen molar-refractivity contribution >= 4 is 11.9 Å². The molecule has 1 amide bonds. The van der Waals surface area contributed by atoms with Crippen LogP contribution in [-0.4, -0.2) is 30.1 Å². The lowest BCUT2D eigenvalue weighted by molar-refractivity contribution is -0.137. The highest BCUT2D eigenvalue weighted by Crippen LogP contribution is 2.11. The molecule has 0 aromatic carbocycles. The van der Waals surface area contributed by atoms with Crippen LogP contribution in [0.1, 0.15) is 142 Å². The number of carbonyl (C=O) groups is 2. The highest BCUT2D eigenvalue weighted by Gasteiger charge is 1.99. The summed E-state index contributed by atoms with van der Waals surface area (Å²) in [7, 11) is 0. The first-order chi connectivity index (χ1) is 15.1. The van der Waals surface area contributed by atoms with Crippen LogP contribution < -0.4 is 11.1 Å². The Bertz CT molecular complexity index is 376. The van der Waals surface area contributed by atoms with E-state index in [4.69, 9.17) is 10.8 Å². The topological polar surface area (TPSA) is 92.4 Å². The van der Waals surface area contributed by atoms with Gasteiger partial charge in [0.25, 0.3) is 0 Å². The molecule has 0 aliphatic rings. The van der Waals surface area contributed by atoms with Crippen LogP contribution >= 0.6 is 0 Å². The molecule has 0 spiro atoms. The number of nitrogens with two attached hydrogens (primary N) is 1. The predicted octanol–water partition coefficient (Wildman–Crippen LogP) is 6.97.